The van der Waals surface area contributed by atoms with Crippen LogP contribution in [0.15, 0.2) is 42.7 Å². The van der Waals surface area contributed by atoms with Gasteiger partial charge in [0.2, 0.25) is 0 Å². The van der Waals surface area contributed by atoms with E-state index in [2.05, 4.69) is 4.98 Å². The van der Waals surface area contributed by atoms with E-state index < -0.39 is 0 Å². The molecule has 0 N–H and O–H groups in total. The number of benzene rings is 1. The number of methoxy groups -OCH3 is 2. The molecule has 0 bridgehead atoms. The largest absolute Gasteiger partial charge is 0.493 e. The third kappa shape index (κ3) is 3.43. The van der Waals surface area contributed by atoms with E-state index in [4.69, 9.17) is 9.47 Å². The van der Waals surface area contributed by atoms with Crippen LogP contribution in [0, 0.1) is 0 Å². The molecule has 0 radical (unpaired) electrons. The average Bonchev–Trinajstić information content (AvgIpc) is 3.17. The molecule has 136 valence electrons. The Kier molecular flexibility index (Phi) is 5.56. The predicted octanol–water partition coefficient (Wildman–Crippen LogP) is 4.11. The summed E-state index contributed by atoms with van der Waals surface area (Å²) in [6, 6.07) is 7.68. The van der Waals surface area contributed by atoms with E-state index in [1.807, 2.05) is 42.2 Å². The summed E-state index contributed by atoms with van der Waals surface area (Å²) in [6.07, 6.45) is 9.34. The van der Waals surface area contributed by atoms with E-state index in [1.54, 1.807) is 32.7 Å². The van der Waals surface area contributed by atoms with Crippen molar-refractivity contribution < 1.29 is 14.3 Å². The van der Waals surface area contributed by atoms with Gasteiger partial charge in [0, 0.05) is 30.1 Å². The Morgan fingerprint density at radius 3 is 2.65 bits per heavy atom. The number of hydrogen-bond acceptors (Lipinski definition) is 4. The monoisotopic (exact) mass is 352 g/mol. The van der Waals surface area contributed by atoms with E-state index in [0.717, 1.165) is 30.5 Å². The van der Waals surface area contributed by atoms with Crippen LogP contribution < -0.4 is 9.47 Å². The van der Waals surface area contributed by atoms with Gasteiger partial charge in [0.05, 0.1) is 20.3 Å². The maximum atomic E-state index is 13.2. The van der Waals surface area contributed by atoms with E-state index in [1.165, 1.54) is 0 Å². The third-order valence-electron chi connectivity index (χ3n) is 4.71. The van der Waals surface area contributed by atoms with Gasteiger partial charge in [0.25, 0.3) is 5.91 Å². The molecule has 1 amide bonds. The van der Waals surface area contributed by atoms with Gasteiger partial charge in [0.1, 0.15) is 0 Å². The quantitative estimate of drug-likeness (QED) is 0.813. The summed E-state index contributed by atoms with van der Waals surface area (Å²) in [5.41, 5.74) is 2.56. The van der Waals surface area contributed by atoms with Gasteiger partial charge >= 0.3 is 0 Å². The average molecular weight is 352 g/mol. The number of carbonyl (C=O) groups is 1. The minimum absolute atomic E-state index is 0.0102. The van der Waals surface area contributed by atoms with Crippen LogP contribution in [0.5, 0.6) is 11.5 Å². The Morgan fingerprint density at radius 1 is 1.23 bits per heavy atom. The molecule has 0 saturated carbocycles. The van der Waals surface area contributed by atoms with Crippen molar-refractivity contribution in [3.63, 3.8) is 0 Å². The Morgan fingerprint density at radius 2 is 2.00 bits per heavy atom. The van der Waals surface area contributed by atoms with Crippen molar-refractivity contribution in [2.45, 2.75) is 25.8 Å². The highest BCUT2D eigenvalue weighted by atomic mass is 16.5. The summed E-state index contributed by atoms with van der Waals surface area (Å²) < 4.78 is 10.9. The van der Waals surface area contributed by atoms with Crippen LogP contribution >= 0.6 is 0 Å². The molecule has 1 saturated heterocycles. The summed E-state index contributed by atoms with van der Waals surface area (Å²) in [4.78, 5) is 19.3. The summed E-state index contributed by atoms with van der Waals surface area (Å²) in [5, 5.41) is 0. The number of pyridine rings is 1. The van der Waals surface area contributed by atoms with E-state index in [9.17, 15) is 4.79 Å². The van der Waals surface area contributed by atoms with Crippen molar-refractivity contribution in [3.8, 4) is 11.5 Å². The maximum absolute atomic E-state index is 13.2. The minimum Gasteiger partial charge on any atom is -0.493 e. The Labute approximate surface area is 154 Å². The van der Waals surface area contributed by atoms with Crippen LogP contribution in [-0.2, 0) is 0 Å². The topological polar surface area (TPSA) is 51.7 Å². The van der Waals surface area contributed by atoms with Crippen LogP contribution in [0.1, 0.15) is 47.3 Å². The second-order valence-electron chi connectivity index (χ2n) is 6.24. The second kappa shape index (κ2) is 8.04. The predicted molar refractivity (Wildman–Crippen MR) is 102 cm³/mol. The van der Waals surface area contributed by atoms with Gasteiger partial charge in [-0.3, -0.25) is 9.78 Å². The number of likely N-dealkylation sites (tertiary alicyclic amines) is 1. The number of ether oxygens (including phenoxy) is 2. The summed E-state index contributed by atoms with van der Waals surface area (Å²) >= 11 is 0. The SMILES string of the molecule is C/C=C/c1cc(C(=O)N2CCCC2c2ccncc2)cc(OC)c1OC. The van der Waals surface area contributed by atoms with Crippen LogP contribution in [0.2, 0.25) is 0 Å². The standard InChI is InChI=1S/C21H24N2O3/c1-4-6-16-13-17(14-19(25-2)20(16)26-3)21(24)23-12-5-7-18(23)15-8-10-22-11-9-15/h4,6,8-11,13-14,18H,5,7,12H2,1-3H3/b6-4+. The highest BCUT2D eigenvalue weighted by molar-refractivity contribution is 5.96. The molecule has 1 unspecified atom stereocenters. The van der Waals surface area contributed by atoms with Crippen molar-refractivity contribution in [2.75, 3.05) is 20.8 Å². The molecule has 1 fully saturated rings. The lowest BCUT2D eigenvalue weighted by molar-refractivity contribution is 0.0735. The fourth-order valence-electron chi connectivity index (χ4n) is 3.53. The van der Waals surface area contributed by atoms with Gasteiger partial charge in [-0.2, -0.15) is 0 Å². The first-order chi connectivity index (χ1) is 12.7. The zero-order valence-corrected chi connectivity index (χ0v) is 15.4. The summed E-state index contributed by atoms with van der Waals surface area (Å²) in [5.74, 6) is 1.20. The third-order valence-corrected chi connectivity index (χ3v) is 4.71. The first-order valence-electron chi connectivity index (χ1n) is 8.79. The van der Waals surface area contributed by atoms with Crippen molar-refractivity contribution in [1.29, 1.82) is 0 Å². The molecular weight excluding hydrogens is 328 g/mol. The summed E-state index contributed by atoms with van der Waals surface area (Å²) in [6.45, 7) is 2.68. The molecule has 1 aliphatic heterocycles. The van der Waals surface area contributed by atoms with Gasteiger partial charge in [-0.1, -0.05) is 12.2 Å². The van der Waals surface area contributed by atoms with Crippen LogP contribution in [-0.4, -0.2) is 36.6 Å². The van der Waals surface area contributed by atoms with E-state index >= 15 is 0 Å². The Balaban J connectivity index is 1.97. The Hall–Kier alpha value is -2.82. The van der Waals surface area contributed by atoms with Crippen molar-refractivity contribution in [1.82, 2.24) is 9.88 Å². The number of rotatable bonds is 5. The zero-order chi connectivity index (χ0) is 18.5. The van der Waals surface area contributed by atoms with Gasteiger partial charge in [-0.15, -0.1) is 0 Å². The lowest BCUT2D eigenvalue weighted by atomic mass is 10.0. The molecular formula is C21H24N2O3. The van der Waals surface area contributed by atoms with Crippen molar-refractivity contribution >= 4 is 12.0 Å². The van der Waals surface area contributed by atoms with Crippen LogP contribution in [0.25, 0.3) is 6.08 Å². The molecule has 1 atom stereocenters. The zero-order valence-electron chi connectivity index (χ0n) is 15.4. The first kappa shape index (κ1) is 18.0. The molecule has 5 heteroatoms. The normalized spacial score (nSPS) is 16.9. The van der Waals surface area contributed by atoms with Gasteiger partial charge in [-0.05, 0) is 49.6 Å². The molecule has 1 aromatic carbocycles. The number of aromatic nitrogens is 1. The number of allylic oxidation sites excluding steroid dienone is 1. The van der Waals surface area contributed by atoms with Gasteiger partial charge < -0.3 is 14.4 Å². The highest BCUT2D eigenvalue weighted by Gasteiger charge is 2.31. The lowest BCUT2D eigenvalue weighted by Gasteiger charge is -2.25. The smallest absolute Gasteiger partial charge is 0.254 e. The van der Waals surface area contributed by atoms with E-state index in [0.29, 0.717) is 17.1 Å². The van der Waals surface area contributed by atoms with Crippen LogP contribution in [0.4, 0.5) is 0 Å². The molecule has 2 heterocycles. The fraction of sp³-hybridized carbons (Fsp3) is 0.333. The molecule has 3 rings (SSSR count). The molecule has 26 heavy (non-hydrogen) atoms. The van der Waals surface area contributed by atoms with Gasteiger partial charge in [-0.25, -0.2) is 0 Å². The molecule has 0 spiro atoms. The van der Waals surface area contributed by atoms with Crippen molar-refractivity contribution in [3.05, 3.63) is 59.4 Å². The van der Waals surface area contributed by atoms with Gasteiger partial charge in [0.15, 0.2) is 11.5 Å². The lowest BCUT2D eigenvalue weighted by Crippen LogP contribution is -2.30. The minimum atomic E-state index is 0.0102. The maximum Gasteiger partial charge on any atom is 0.254 e. The number of nitrogens with zero attached hydrogens (tertiary/aromatic N) is 2. The second-order valence-corrected chi connectivity index (χ2v) is 6.24. The van der Waals surface area contributed by atoms with Crippen LogP contribution in [0.3, 0.4) is 0 Å². The highest BCUT2D eigenvalue weighted by Crippen LogP contribution is 2.37. The Bertz CT molecular complexity index is 802. The first-order valence-corrected chi connectivity index (χ1v) is 8.79. The molecule has 1 aromatic heterocycles. The molecule has 1 aliphatic rings. The summed E-state index contributed by atoms with van der Waals surface area (Å²) in [7, 11) is 3.19. The molecule has 0 aliphatic carbocycles. The van der Waals surface area contributed by atoms with Crippen molar-refractivity contribution in [2.24, 2.45) is 0 Å². The number of carbonyl (C=O) groups excluding carboxylic acids is 1. The number of hydrogen-bond donors (Lipinski definition) is 0. The number of amides is 1. The molecule has 2 aromatic rings. The fourth-order valence-corrected chi connectivity index (χ4v) is 3.53. The van der Waals surface area contributed by atoms with E-state index in [-0.39, 0.29) is 11.9 Å². The molecule has 5 nitrogen and oxygen atoms in total.